The SMILES string of the molecule is NCC(OCc1ccco1)c1cc(Br)cs1. The summed E-state index contributed by atoms with van der Waals surface area (Å²) in [7, 11) is 0. The van der Waals surface area contributed by atoms with Crippen LogP contribution in [-0.4, -0.2) is 6.54 Å². The molecule has 2 N–H and O–H groups in total. The van der Waals surface area contributed by atoms with Gasteiger partial charge in [0, 0.05) is 21.3 Å². The zero-order valence-electron chi connectivity index (χ0n) is 8.56. The van der Waals surface area contributed by atoms with Gasteiger partial charge in [-0.3, -0.25) is 0 Å². The van der Waals surface area contributed by atoms with Gasteiger partial charge in [0.1, 0.15) is 18.5 Å². The van der Waals surface area contributed by atoms with Crippen molar-refractivity contribution in [3.63, 3.8) is 0 Å². The Kier molecular flexibility index (Phi) is 4.17. The van der Waals surface area contributed by atoms with Crippen molar-refractivity contribution in [2.24, 2.45) is 5.73 Å². The molecule has 1 unspecified atom stereocenters. The predicted octanol–water partition coefficient (Wildman–Crippen LogP) is 3.32. The van der Waals surface area contributed by atoms with Gasteiger partial charge in [-0.15, -0.1) is 11.3 Å². The highest BCUT2D eigenvalue weighted by Crippen LogP contribution is 2.27. The maximum atomic E-state index is 5.71. The van der Waals surface area contributed by atoms with E-state index in [4.69, 9.17) is 14.9 Å². The van der Waals surface area contributed by atoms with Crippen molar-refractivity contribution in [3.8, 4) is 0 Å². The van der Waals surface area contributed by atoms with Gasteiger partial charge in [0.05, 0.1) is 6.26 Å². The van der Waals surface area contributed by atoms with E-state index in [0.717, 1.165) is 15.1 Å². The number of furan rings is 1. The van der Waals surface area contributed by atoms with Crippen LogP contribution in [0, 0.1) is 0 Å². The van der Waals surface area contributed by atoms with Crippen molar-refractivity contribution in [1.82, 2.24) is 0 Å². The van der Waals surface area contributed by atoms with Crippen LogP contribution in [0.2, 0.25) is 0 Å². The van der Waals surface area contributed by atoms with Crippen molar-refractivity contribution >= 4 is 27.3 Å². The molecule has 1 atom stereocenters. The first-order valence-electron chi connectivity index (χ1n) is 4.87. The molecule has 0 saturated heterocycles. The molecule has 2 heterocycles. The molecule has 0 fully saturated rings. The molecule has 0 spiro atoms. The Morgan fingerprint density at radius 1 is 1.56 bits per heavy atom. The van der Waals surface area contributed by atoms with E-state index in [0.29, 0.717) is 13.2 Å². The lowest BCUT2D eigenvalue weighted by Crippen LogP contribution is -2.14. The zero-order valence-corrected chi connectivity index (χ0v) is 11.0. The van der Waals surface area contributed by atoms with E-state index < -0.39 is 0 Å². The Bertz CT molecular complexity index is 427. The van der Waals surface area contributed by atoms with Crippen molar-refractivity contribution in [2.75, 3.05) is 6.54 Å². The summed E-state index contributed by atoms with van der Waals surface area (Å²) in [6, 6.07) is 5.76. The maximum Gasteiger partial charge on any atom is 0.129 e. The third-order valence-corrected chi connectivity index (χ3v) is 3.91. The second-order valence-electron chi connectivity index (χ2n) is 3.28. The molecule has 0 bridgehead atoms. The largest absolute Gasteiger partial charge is 0.467 e. The summed E-state index contributed by atoms with van der Waals surface area (Å²) in [6.07, 6.45) is 1.57. The van der Waals surface area contributed by atoms with Gasteiger partial charge >= 0.3 is 0 Å². The van der Waals surface area contributed by atoms with Crippen LogP contribution in [0.3, 0.4) is 0 Å². The minimum atomic E-state index is -0.0681. The number of hydrogen-bond acceptors (Lipinski definition) is 4. The van der Waals surface area contributed by atoms with Crippen molar-refractivity contribution in [1.29, 1.82) is 0 Å². The van der Waals surface area contributed by atoms with E-state index in [9.17, 15) is 0 Å². The Hall–Kier alpha value is -0.620. The number of hydrogen-bond donors (Lipinski definition) is 1. The zero-order chi connectivity index (χ0) is 11.4. The van der Waals surface area contributed by atoms with E-state index in [1.807, 2.05) is 23.6 Å². The summed E-state index contributed by atoms with van der Waals surface area (Å²) in [5.74, 6) is 0.814. The summed E-state index contributed by atoms with van der Waals surface area (Å²) < 4.78 is 12.0. The van der Waals surface area contributed by atoms with Crippen LogP contribution in [0.25, 0.3) is 0 Å². The fourth-order valence-electron chi connectivity index (χ4n) is 1.34. The molecule has 3 nitrogen and oxygen atoms in total. The molecule has 0 radical (unpaired) electrons. The average Bonchev–Trinajstić information content (AvgIpc) is 2.91. The molecule has 2 aromatic rings. The van der Waals surface area contributed by atoms with Gasteiger partial charge in [-0.2, -0.15) is 0 Å². The average molecular weight is 302 g/mol. The molecule has 86 valence electrons. The monoisotopic (exact) mass is 301 g/mol. The molecule has 0 aliphatic heterocycles. The predicted molar refractivity (Wildman–Crippen MR) is 67.3 cm³/mol. The molecule has 5 heteroatoms. The smallest absolute Gasteiger partial charge is 0.129 e. The van der Waals surface area contributed by atoms with E-state index in [-0.39, 0.29) is 6.10 Å². The molecule has 0 saturated carbocycles. The highest BCUT2D eigenvalue weighted by Gasteiger charge is 2.13. The van der Waals surface area contributed by atoms with Gasteiger partial charge in [-0.25, -0.2) is 0 Å². The van der Waals surface area contributed by atoms with Gasteiger partial charge in [0.15, 0.2) is 0 Å². The van der Waals surface area contributed by atoms with Gasteiger partial charge in [0.25, 0.3) is 0 Å². The normalized spacial score (nSPS) is 12.9. The Morgan fingerprint density at radius 3 is 3.00 bits per heavy atom. The summed E-state index contributed by atoms with van der Waals surface area (Å²) in [5.41, 5.74) is 5.69. The van der Waals surface area contributed by atoms with Crippen LogP contribution in [0.15, 0.2) is 38.7 Å². The number of ether oxygens (including phenoxy) is 1. The summed E-state index contributed by atoms with van der Waals surface area (Å²) in [5, 5.41) is 2.02. The minimum Gasteiger partial charge on any atom is -0.467 e. The lowest BCUT2D eigenvalue weighted by atomic mass is 10.3. The second-order valence-corrected chi connectivity index (χ2v) is 5.14. The van der Waals surface area contributed by atoms with Gasteiger partial charge in [-0.1, -0.05) is 0 Å². The van der Waals surface area contributed by atoms with Gasteiger partial charge in [-0.05, 0) is 34.1 Å². The van der Waals surface area contributed by atoms with E-state index in [1.165, 1.54) is 0 Å². The van der Waals surface area contributed by atoms with Crippen LogP contribution in [-0.2, 0) is 11.3 Å². The van der Waals surface area contributed by atoms with Crippen LogP contribution in [0.5, 0.6) is 0 Å². The lowest BCUT2D eigenvalue weighted by Gasteiger charge is -2.13. The van der Waals surface area contributed by atoms with Crippen LogP contribution < -0.4 is 5.73 Å². The van der Waals surface area contributed by atoms with Crippen LogP contribution in [0.1, 0.15) is 16.7 Å². The van der Waals surface area contributed by atoms with E-state index in [1.54, 1.807) is 17.6 Å². The first kappa shape index (κ1) is 11.9. The van der Waals surface area contributed by atoms with Crippen molar-refractivity contribution in [3.05, 3.63) is 45.0 Å². The number of rotatable bonds is 5. The quantitative estimate of drug-likeness (QED) is 0.921. The van der Waals surface area contributed by atoms with E-state index in [2.05, 4.69) is 15.9 Å². The molecule has 0 aromatic carbocycles. The summed E-state index contributed by atoms with van der Waals surface area (Å²) in [6.45, 7) is 0.915. The van der Waals surface area contributed by atoms with Crippen molar-refractivity contribution in [2.45, 2.75) is 12.7 Å². The summed E-state index contributed by atoms with van der Waals surface area (Å²) >= 11 is 5.05. The van der Waals surface area contributed by atoms with Gasteiger partial charge < -0.3 is 14.9 Å². The fourth-order valence-corrected chi connectivity index (χ4v) is 2.85. The van der Waals surface area contributed by atoms with E-state index >= 15 is 0 Å². The summed E-state index contributed by atoms with van der Waals surface area (Å²) in [4.78, 5) is 1.13. The molecule has 2 aromatic heterocycles. The molecule has 2 rings (SSSR count). The van der Waals surface area contributed by atoms with Gasteiger partial charge in [0.2, 0.25) is 0 Å². The number of nitrogens with two attached hydrogens (primary N) is 1. The molecule has 0 aliphatic carbocycles. The molecule has 0 aliphatic rings. The Balaban J connectivity index is 1.96. The highest BCUT2D eigenvalue weighted by molar-refractivity contribution is 9.10. The third-order valence-electron chi connectivity index (χ3n) is 2.13. The number of thiophene rings is 1. The third kappa shape index (κ3) is 2.95. The maximum absolute atomic E-state index is 5.71. The topological polar surface area (TPSA) is 48.4 Å². The number of halogens is 1. The van der Waals surface area contributed by atoms with Crippen LogP contribution >= 0.6 is 27.3 Å². The molecular weight excluding hydrogens is 290 g/mol. The molecule has 16 heavy (non-hydrogen) atoms. The molecule has 0 amide bonds. The highest BCUT2D eigenvalue weighted by atomic mass is 79.9. The first-order chi connectivity index (χ1) is 7.79. The van der Waals surface area contributed by atoms with Crippen LogP contribution in [0.4, 0.5) is 0 Å². The Labute approximate surface area is 106 Å². The first-order valence-corrected chi connectivity index (χ1v) is 6.55. The Morgan fingerprint density at radius 2 is 2.44 bits per heavy atom. The second kappa shape index (κ2) is 5.63. The lowest BCUT2D eigenvalue weighted by molar-refractivity contribution is 0.0377. The van der Waals surface area contributed by atoms with Crippen molar-refractivity contribution < 1.29 is 9.15 Å². The minimum absolute atomic E-state index is 0.0681. The fraction of sp³-hybridized carbons (Fsp3) is 0.273. The molecular formula is C11H12BrNO2S. The standard InChI is InChI=1S/C11H12BrNO2S/c12-8-4-11(16-7-8)10(5-13)15-6-9-2-1-3-14-9/h1-4,7,10H,5-6,13H2.